The SMILES string of the molecule is O=c1[nH]c(C(=S)NC2Cc3ccccc3C2)nc2ccccc12. The van der Waals surface area contributed by atoms with Crippen LogP contribution in [0.4, 0.5) is 0 Å². The predicted octanol–water partition coefficient (Wildman–Crippen LogP) is 2.36. The maximum Gasteiger partial charge on any atom is 0.259 e. The van der Waals surface area contributed by atoms with Crippen molar-refractivity contribution in [2.75, 3.05) is 0 Å². The summed E-state index contributed by atoms with van der Waals surface area (Å²) < 4.78 is 0. The third-order valence-electron chi connectivity index (χ3n) is 4.21. The van der Waals surface area contributed by atoms with Gasteiger partial charge in [-0.2, -0.15) is 0 Å². The van der Waals surface area contributed by atoms with Crippen LogP contribution in [0.15, 0.2) is 53.3 Å². The van der Waals surface area contributed by atoms with E-state index in [4.69, 9.17) is 12.2 Å². The first-order valence-electron chi connectivity index (χ1n) is 7.57. The molecule has 0 spiro atoms. The number of nitrogens with one attached hydrogen (secondary N) is 2. The van der Waals surface area contributed by atoms with Crippen molar-refractivity contribution >= 4 is 28.1 Å². The van der Waals surface area contributed by atoms with Crippen LogP contribution in [0.5, 0.6) is 0 Å². The van der Waals surface area contributed by atoms with Gasteiger partial charge in [0.15, 0.2) is 5.82 Å². The van der Waals surface area contributed by atoms with Gasteiger partial charge in [0.2, 0.25) is 0 Å². The maximum atomic E-state index is 12.1. The Balaban J connectivity index is 1.58. The molecule has 0 radical (unpaired) electrons. The Labute approximate surface area is 138 Å². The monoisotopic (exact) mass is 321 g/mol. The fraction of sp³-hybridized carbons (Fsp3) is 0.167. The van der Waals surface area contributed by atoms with Crippen molar-refractivity contribution in [3.8, 4) is 0 Å². The molecule has 23 heavy (non-hydrogen) atoms. The molecule has 2 aromatic carbocycles. The summed E-state index contributed by atoms with van der Waals surface area (Å²) in [6, 6.07) is 15.9. The number of thiocarbonyl (C=S) groups is 1. The minimum Gasteiger partial charge on any atom is -0.370 e. The molecule has 0 atom stereocenters. The first-order chi connectivity index (χ1) is 11.2. The van der Waals surface area contributed by atoms with Crippen LogP contribution in [-0.4, -0.2) is 21.0 Å². The van der Waals surface area contributed by atoms with Crippen LogP contribution < -0.4 is 10.9 Å². The molecule has 0 saturated heterocycles. The first-order valence-corrected chi connectivity index (χ1v) is 7.98. The van der Waals surface area contributed by atoms with Gasteiger partial charge in [-0.05, 0) is 36.1 Å². The maximum absolute atomic E-state index is 12.1. The molecule has 0 fully saturated rings. The molecular formula is C18H15N3OS. The van der Waals surface area contributed by atoms with E-state index in [-0.39, 0.29) is 11.6 Å². The zero-order valence-corrected chi connectivity index (χ0v) is 13.2. The first kappa shape index (κ1) is 14.1. The van der Waals surface area contributed by atoms with Crippen molar-refractivity contribution in [1.29, 1.82) is 0 Å². The molecule has 0 bridgehead atoms. The Morgan fingerprint density at radius 1 is 1.09 bits per heavy atom. The molecule has 5 heteroatoms. The predicted molar refractivity (Wildman–Crippen MR) is 94.8 cm³/mol. The lowest BCUT2D eigenvalue weighted by Gasteiger charge is -2.14. The molecule has 4 rings (SSSR count). The summed E-state index contributed by atoms with van der Waals surface area (Å²) in [5.41, 5.74) is 3.20. The van der Waals surface area contributed by atoms with Crippen molar-refractivity contribution in [3.63, 3.8) is 0 Å². The van der Waals surface area contributed by atoms with Gasteiger partial charge in [0.25, 0.3) is 5.56 Å². The van der Waals surface area contributed by atoms with Crippen LogP contribution in [0.25, 0.3) is 10.9 Å². The highest BCUT2D eigenvalue weighted by atomic mass is 32.1. The number of rotatable bonds is 2. The second-order valence-electron chi connectivity index (χ2n) is 5.78. The summed E-state index contributed by atoms with van der Waals surface area (Å²) in [6.07, 6.45) is 1.88. The van der Waals surface area contributed by atoms with Crippen LogP contribution in [0.3, 0.4) is 0 Å². The highest BCUT2D eigenvalue weighted by Gasteiger charge is 2.22. The van der Waals surface area contributed by atoms with E-state index in [1.54, 1.807) is 6.07 Å². The Morgan fingerprint density at radius 3 is 2.48 bits per heavy atom. The quantitative estimate of drug-likeness (QED) is 0.712. The van der Waals surface area contributed by atoms with E-state index in [1.807, 2.05) is 18.2 Å². The average molecular weight is 321 g/mol. The van der Waals surface area contributed by atoms with Crippen molar-refractivity contribution in [3.05, 3.63) is 75.8 Å². The molecule has 114 valence electrons. The molecule has 1 aliphatic carbocycles. The van der Waals surface area contributed by atoms with Crippen LogP contribution in [0, 0.1) is 0 Å². The Hall–Kier alpha value is -2.53. The number of fused-ring (bicyclic) bond motifs is 2. The van der Waals surface area contributed by atoms with Crippen LogP contribution in [0.1, 0.15) is 17.0 Å². The van der Waals surface area contributed by atoms with E-state index in [0.717, 1.165) is 12.8 Å². The molecule has 0 saturated carbocycles. The molecule has 0 amide bonds. The normalized spacial score (nSPS) is 13.9. The van der Waals surface area contributed by atoms with Crippen molar-refractivity contribution in [2.45, 2.75) is 18.9 Å². The van der Waals surface area contributed by atoms with Gasteiger partial charge in [-0.1, -0.05) is 48.6 Å². The molecule has 4 nitrogen and oxygen atoms in total. The third-order valence-corrected chi connectivity index (χ3v) is 4.53. The summed E-state index contributed by atoms with van der Waals surface area (Å²) in [7, 11) is 0. The molecule has 1 aliphatic rings. The lowest BCUT2D eigenvalue weighted by Crippen LogP contribution is -2.36. The molecule has 0 aliphatic heterocycles. The number of benzene rings is 2. The molecule has 0 unspecified atom stereocenters. The van der Waals surface area contributed by atoms with Crippen molar-refractivity contribution < 1.29 is 0 Å². The summed E-state index contributed by atoms with van der Waals surface area (Å²) in [5, 5.41) is 3.91. The number of hydrogen-bond acceptors (Lipinski definition) is 3. The largest absolute Gasteiger partial charge is 0.370 e. The van der Waals surface area contributed by atoms with Gasteiger partial charge < -0.3 is 10.3 Å². The van der Waals surface area contributed by atoms with Gasteiger partial charge in [0.05, 0.1) is 10.9 Å². The van der Waals surface area contributed by atoms with E-state index < -0.39 is 0 Å². The fourth-order valence-corrected chi connectivity index (χ4v) is 3.37. The second kappa shape index (κ2) is 5.59. The Morgan fingerprint density at radius 2 is 1.74 bits per heavy atom. The number of aromatic nitrogens is 2. The molecular weight excluding hydrogens is 306 g/mol. The summed E-state index contributed by atoms with van der Waals surface area (Å²) >= 11 is 5.45. The fourth-order valence-electron chi connectivity index (χ4n) is 3.11. The number of H-pyrrole nitrogens is 1. The number of para-hydroxylation sites is 1. The van der Waals surface area contributed by atoms with Crippen molar-refractivity contribution in [1.82, 2.24) is 15.3 Å². The summed E-state index contributed by atoms with van der Waals surface area (Å²) in [5.74, 6) is 0.430. The highest BCUT2D eigenvalue weighted by Crippen LogP contribution is 2.21. The number of nitrogens with zero attached hydrogens (tertiary/aromatic N) is 1. The number of aromatic amines is 1. The van der Waals surface area contributed by atoms with E-state index in [1.165, 1.54) is 11.1 Å². The van der Waals surface area contributed by atoms with Crippen LogP contribution in [0.2, 0.25) is 0 Å². The standard InChI is InChI=1S/C18H15N3OS/c22-17-14-7-3-4-8-15(14)20-16(21-17)18(23)19-13-9-11-5-1-2-6-12(11)10-13/h1-8,13H,9-10H2,(H,19,23)(H,20,21,22). The average Bonchev–Trinajstić information content (AvgIpc) is 2.97. The van der Waals surface area contributed by atoms with Crippen LogP contribution >= 0.6 is 12.2 Å². The topological polar surface area (TPSA) is 57.8 Å². The lowest BCUT2D eigenvalue weighted by molar-refractivity contribution is 0.647. The van der Waals surface area contributed by atoms with E-state index >= 15 is 0 Å². The van der Waals surface area contributed by atoms with Gasteiger partial charge in [-0.3, -0.25) is 4.79 Å². The minimum absolute atomic E-state index is 0.163. The van der Waals surface area contributed by atoms with Gasteiger partial charge >= 0.3 is 0 Å². The van der Waals surface area contributed by atoms with E-state index in [9.17, 15) is 4.79 Å². The van der Waals surface area contributed by atoms with Crippen LogP contribution in [-0.2, 0) is 12.8 Å². The number of hydrogen-bond donors (Lipinski definition) is 2. The summed E-state index contributed by atoms with van der Waals surface area (Å²) in [6.45, 7) is 0. The van der Waals surface area contributed by atoms with Gasteiger partial charge in [0, 0.05) is 6.04 Å². The minimum atomic E-state index is -0.163. The van der Waals surface area contributed by atoms with Crippen molar-refractivity contribution in [2.24, 2.45) is 0 Å². The smallest absolute Gasteiger partial charge is 0.259 e. The highest BCUT2D eigenvalue weighted by molar-refractivity contribution is 7.80. The summed E-state index contributed by atoms with van der Waals surface area (Å²) in [4.78, 5) is 19.9. The Bertz CT molecular complexity index is 939. The molecule has 3 aromatic rings. The van der Waals surface area contributed by atoms with Gasteiger partial charge in [-0.15, -0.1) is 0 Å². The molecule has 1 heterocycles. The van der Waals surface area contributed by atoms with E-state index in [2.05, 4.69) is 39.6 Å². The lowest BCUT2D eigenvalue weighted by atomic mass is 10.1. The molecule has 2 N–H and O–H groups in total. The van der Waals surface area contributed by atoms with Gasteiger partial charge in [-0.25, -0.2) is 4.98 Å². The Kier molecular flexibility index (Phi) is 3.42. The second-order valence-corrected chi connectivity index (χ2v) is 6.19. The van der Waals surface area contributed by atoms with E-state index in [0.29, 0.717) is 21.7 Å². The van der Waals surface area contributed by atoms with Gasteiger partial charge in [0.1, 0.15) is 4.99 Å². The third kappa shape index (κ3) is 2.64. The zero-order chi connectivity index (χ0) is 15.8. The molecule has 1 aromatic heterocycles. The zero-order valence-electron chi connectivity index (χ0n) is 12.4.